The molecule has 0 aliphatic rings. The molecule has 3 unspecified atom stereocenters. The van der Waals surface area contributed by atoms with Crippen molar-refractivity contribution in [1.29, 1.82) is 0 Å². The van der Waals surface area contributed by atoms with Crippen LogP contribution in [0.15, 0.2) is 97.2 Å². The number of aliphatic hydroxyl groups excluding tert-OH is 1. The predicted octanol–water partition coefficient (Wildman–Crippen LogP) is 21.1. The molecule has 0 aromatic carbocycles. The minimum atomic E-state index is -4.62. The molecular weight excluding hydrogens is 1020 g/mol. The van der Waals surface area contributed by atoms with Gasteiger partial charge in [-0.25, -0.2) is 0 Å². The number of nitrogens with zero attached hydrogens (tertiary/aromatic N) is 1. The van der Waals surface area contributed by atoms with E-state index in [9.17, 15) is 19.4 Å². The first-order valence-corrected chi connectivity index (χ1v) is 35.6. The molecule has 0 aliphatic carbocycles. The molecule has 0 saturated carbocycles. The van der Waals surface area contributed by atoms with Crippen LogP contribution in [-0.4, -0.2) is 68.5 Å². The summed E-state index contributed by atoms with van der Waals surface area (Å²) in [5.74, 6) is -0.216. The minimum absolute atomic E-state index is 0.0136. The third-order valence-electron chi connectivity index (χ3n) is 15.0. The summed E-state index contributed by atoms with van der Waals surface area (Å²) >= 11 is 0. The van der Waals surface area contributed by atoms with Crippen LogP contribution in [-0.2, 0) is 18.4 Å². The number of unbranched alkanes of at least 4 members (excludes halogenated alkanes) is 35. The number of phosphoric acid groups is 1. The van der Waals surface area contributed by atoms with Crippen molar-refractivity contribution in [1.82, 2.24) is 5.32 Å². The van der Waals surface area contributed by atoms with Crippen LogP contribution in [0, 0.1) is 0 Å². The second kappa shape index (κ2) is 62.0. The summed E-state index contributed by atoms with van der Waals surface area (Å²) in [6.45, 7) is 4.53. The monoisotopic (exact) mass is 1150 g/mol. The second-order valence-electron chi connectivity index (χ2n) is 24.1. The number of phosphoric ester groups is 1. The van der Waals surface area contributed by atoms with E-state index in [0.29, 0.717) is 17.4 Å². The number of carbonyl (C=O) groups excluding carboxylic acids is 1. The first-order valence-electron chi connectivity index (χ1n) is 34.1. The largest absolute Gasteiger partial charge is 0.756 e. The molecule has 0 fully saturated rings. The number of allylic oxidation sites excluding steroid dienone is 15. The van der Waals surface area contributed by atoms with E-state index >= 15 is 0 Å². The van der Waals surface area contributed by atoms with Crippen molar-refractivity contribution in [2.24, 2.45) is 0 Å². The highest BCUT2D eigenvalue weighted by Crippen LogP contribution is 2.38. The molecule has 3 atom stereocenters. The Morgan fingerprint density at radius 2 is 0.765 bits per heavy atom. The smallest absolute Gasteiger partial charge is 0.268 e. The number of carbonyl (C=O) groups is 1. The van der Waals surface area contributed by atoms with Crippen LogP contribution in [0.4, 0.5) is 0 Å². The normalized spacial score (nSPS) is 14.3. The number of rotatable bonds is 62. The Morgan fingerprint density at radius 1 is 0.444 bits per heavy atom. The number of quaternary nitrogens is 1. The van der Waals surface area contributed by atoms with Gasteiger partial charge in [-0.05, 0) is 89.9 Å². The zero-order valence-corrected chi connectivity index (χ0v) is 54.6. The fourth-order valence-corrected chi connectivity index (χ4v) is 10.5. The molecular formula is C72H131N2O6P. The Hall–Kier alpha value is -2.58. The third kappa shape index (κ3) is 64.8. The van der Waals surface area contributed by atoms with E-state index in [4.69, 9.17) is 9.05 Å². The topological polar surface area (TPSA) is 108 Å². The molecule has 0 rings (SSSR count). The summed E-state index contributed by atoms with van der Waals surface area (Å²) in [6.07, 6.45) is 89.6. The van der Waals surface area contributed by atoms with Gasteiger partial charge in [0.05, 0.1) is 39.9 Å². The molecule has 0 aromatic rings. The van der Waals surface area contributed by atoms with E-state index in [2.05, 4.69) is 104 Å². The van der Waals surface area contributed by atoms with Crippen molar-refractivity contribution in [3.8, 4) is 0 Å². The molecule has 2 N–H and O–H groups in total. The van der Waals surface area contributed by atoms with Crippen LogP contribution < -0.4 is 10.2 Å². The Bertz CT molecular complexity index is 1640. The van der Waals surface area contributed by atoms with Gasteiger partial charge in [-0.2, -0.15) is 0 Å². The zero-order valence-electron chi connectivity index (χ0n) is 53.7. The summed E-state index contributed by atoms with van der Waals surface area (Å²) in [5, 5.41) is 13.9. The van der Waals surface area contributed by atoms with Crippen molar-refractivity contribution in [2.75, 3.05) is 40.9 Å². The third-order valence-corrected chi connectivity index (χ3v) is 16.0. The van der Waals surface area contributed by atoms with Crippen molar-refractivity contribution in [3.05, 3.63) is 97.2 Å². The lowest BCUT2D eigenvalue weighted by Crippen LogP contribution is -2.45. The Labute approximate surface area is 502 Å². The summed E-state index contributed by atoms with van der Waals surface area (Å²) in [6, 6.07) is -0.920. The van der Waals surface area contributed by atoms with Gasteiger partial charge < -0.3 is 28.8 Å². The summed E-state index contributed by atoms with van der Waals surface area (Å²) in [4.78, 5) is 25.6. The van der Waals surface area contributed by atoms with Gasteiger partial charge in [0, 0.05) is 6.42 Å². The number of aliphatic hydroxyl groups is 1. The maximum absolute atomic E-state index is 13.0. The fourth-order valence-electron chi connectivity index (χ4n) is 9.74. The molecule has 470 valence electrons. The Morgan fingerprint density at radius 3 is 1.15 bits per heavy atom. The van der Waals surface area contributed by atoms with E-state index in [0.717, 1.165) is 77.0 Å². The molecule has 0 saturated heterocycles. The van der Waals surface area contributed by atoms with Crippen LogP contribution in [0.1, 0.15) is 303 Å². The highest BCUT2D eigenvalue weighted by molar-refractivity contribution is 7.45. The molecule has 0 bridgehead atoms. The Kier molecular flexibility index (Phi) is 60.0. The number of likely N-dealkylation sites (N-methyl/N-ethyl adjacent to an activating group) is 1. The average Bonchev–Trinajstić information content (AvgIpc) is 3.43. The second-order valence-corrected chi connectivity index (χ2v) is 25.5. The first kappa shape index (κ1) is 78.4. The molecule has 8 nitrogen and oxygen atoms in total. The lowest BCUT2D eigenvalue weighted by Gasteiger charge is -2.29. The van der Waals surface area contributed by atoms with Crippen LogP contribution >= 0.6 is 7.82 Å². The van der Waals surface area contributed by atoms with Gasteiger partial charge in [-0.3, -0.25) is 9.36 Å². The highest BCUT2D eigenvalue weighted by Gasteiger charge is 2.23. The quantitative estimate of drug-likeness (QED) is 0.0272. The van der Waals surface area contributed by atoms with Gasteiger partial charge in [0.2, 0.25) is 5.91 Å². The minimum Gasteiger partial charge on any atom is -0.756 e. The maximum atomic E-state index is 13.0. The van der Waals surface area contributed by atoms with E-state index < -0.39 is 26.6 Å². The van der Waals surface area contributed by atoms with Crippen molar-refractivity contribution < 1.29 is 32.9 Å². The summed E-state index contributed by atoms with van der Waals surface area (Å²) in [7, 11) is 1.23. The van der Waals surface area contributed by atoms with Gasteiger partial charge >= 0.3 is 0 Å². The lowest BCUT2D eigenvalue weighted by molar-refractivity contribution is -0.870. The molecule has 0 radical (unpaired) electrons. The summed E-state index contributed by atoms with van der Waals surface area (Å²) < 4.78 is 23.4. The molecule has 0 aromatic heterocycles. The number of hydrogen-bond acceptors (Lipinski definition) is 6. The van der Waals surface area contributed by atoms with Gasteiger partial charge in [-0.1, -0.05) is 304 Å². The zero-order chi connectivity index (χ0) is 59.1. The van der Waals surface area contributed by atoms with Crippen LogP contribution in [0.2, 0.25) is 0 Å². The van der Waals surface area contributed by atoms with Crippen molar-refractivity contribution >= 4 is 13.7 Å². The number of hydrogen-bond donors (Lipinski definition) is 2. The molecule has 1 amide bonds. The molecule has 9 heteroatoms. The standard InChI is InChI=1S/C72H131N2O6P/c1-6-8-10-12-14-16-18-20-22-24-26-28-30-32-34-35-36-37-38-40-41-43-45-47-49-51-53-55-57-59-61-63-65-71(75)70(69-80-81(77,78)79-68-67-74(3,4)5)73-72(76)66-64-62-60-58-56-54-52-50-48-46-44-42-39-33-31-29-27-25-23-21-19-17-15-13-11-9-7-2/h9,11,15,17,21,23,27,29,33,39,47,49,55,57,63,65,70-71,75H,6-8,10,12-14,16,18-20,22,24-26,28,30-32,34-38,40-46,48,50-54,56,58-62,64,66-69H2,1-5H3,(H-,73,76,77,78)/b11-9-,17-15-,23-21-,29-27-,39-33-,49-47+,57-55+,65-63+. The average molecular weight is 1150 g/mol. The van der Waals surface area contributed by atoms with Gasteiger partial charge in [0.1, 0.15) is 13.2 Å². The van der Waals surface area contributed by atoms with E-state index in [1.165, 1.54) is 205 Å². The van der Waals surface area contributed by atoms with E-state index in [1.807, 2.05) is 27.2 Å². The Balaban J connectivity index is 4.17. The van der Waals surface area contributed by atoms with Crippen LogP contribution in [0.3, 0.4) is 0 Å². The van der Waals surface area contributed by atoms with Gasteiger partial charge in [0.15, 0.2) is 0 Å². The molecule has 81 heavy (non-hydrogen) atoms. The molecule has 0 spiro atoms. The highest BCUT2D eigenvalue weighted by atomic mass is 31.2. The lowest BCUT2D eigenvalue weighted by atomic mass is 10.0. The predicted molar refractivity (Wildman–Crippen MR) is 353 cm³/mol. The van der Waals surface area contributed by atoms with E-state index in [-0.39, 0.29) is 12.5 Å². The van der Waals surface area contributed by atoms with Gasteiger partial charge in [-0.15, -0.1) is 0 Å². The SMILES string of the molecule is CC/C=C\C/C=C\C/C=C\C/C=C\C/C=C\CCCCCCCCCCCCCC(=O)NC(COP(=O)([O-])OCC[N+](C)(C)C)C(O)/C=C/CC/C=C/CC/C=C/CCCCCCCCCCCCCCCCCCCCCCCC. The number of amides is 1. The van der Waals surface area contributed by atoms with E-state index in [1.54, 1.807) is 6.08 Å². The van der Waals surface area contributed by atoms with Crippen molar-refractivity contribution in [3.63, 3.8) is 0 Å². The van der Waals surface area contributed by atoms with Crippen LogP contribution in [0.25, 0.3) is 0 Å². The van der Waals surface area contributed by atoms with Crippen LogP contribution in [0.5, 0.6) is 0 Å². The molecule has 0 heterocycles. The maximum Gasteiger partial charge on any atom is 0.268 e. The fraction of sp³-hybridized carbons (Fsp3) is 0.764. The van der Waals surface area contributed by atoms with Crippen molar-refractivity contribution in [2.45, 2.75) is 315 Å². The van der Waals surface area contributed by atoms with Gasteiger partial charge in [0.25, 0.3) is 7.82 Å². The number of nitrogens with one attached hydrogen (secondary N) is 1. The molecule has 0 aliphatic heterocycles. The first-order chi connectivity index (χ1) is 39.5. The summed E-state index contributed by atoms with van der Waals surface area (Å²) in [5.41, 5.74) is 0.